The summed E-state index contributed by atoms with van der Waals surface area (Å²) in [6.07, 6.45) is 3.28. The molecule has 0 aliphatic carbocycles. The van der Waals surface area contributed by atoms with Gasteiger partial charge in [0.2, 0.25) is 5.91 Å². The number of fused-ring (bicyclic) bond motifs is 1. The van der Waals surface area contributed by atoms with Gasteiger partial charge in [0, 0.05) is 31.7 Å². The summed E-state index contributed by atoms with van der Waals surface area (Å²) in [4.78, 5) is 29.1. The molecule has 0 bridgehead atoms. The Bertz CT molecular complexity index is 592. The lowest BCUT2D eigenvalue weighted by Crippen LogP contribution is -2.55. The first-order valence-corrected chi connectivity index (χ1v) is 7.05. The molecule has 0 spiro atoms. The minimum Gasteiger partial charge on any atom is -0.381 e. The number of amides is 2. The van der Waals surface area contributed by atoms with Crippen LogP contribution in [0.5, 0.6) is 0 Å². The topological polar surface area (TPSA) is 88.3 Å². The van der Waals surface area contributed by atoms with Crippen LogP contribution < -0.4 is 11.1 Å². The number of nitrogens with one attached hydrogen (secondary N) is 1. The molecule has 7 heteroatoms. The van der Waals surface area contributed by atoms with E-state index in [1.807, 2.05) is 0 Å². The molecule has 3 heterocycles. The minimum atomic E-state index is -0.762. The Balaban J connectivity index is 1.75. The van der Waals surface area contributed by atoms with Gasteiger partial charge in [-0.1, -0.05) is 0 Å². The third kappa shape index (κ3) is 2.55. The zero-order valence-corrected chi connectivity index (χ0v) is 11.5. The quantitative estimate of drug-likeness (QED) is 0.791. The molecule has 2 aliphatic rings. The van der Waals surface area contributed by atoms with Crippen LogP contribution >= 0.6 is 0 Å². The number of hydrogen-bond donors (Lipinski definition) is 2. The molecule has 3 rings (SSSR count). The molecule has 0 saturated carbocycles. The van der Waals surface area contributed by atoms with Crippen molar-refractivity contribution >= 4 is 17.6 Å². The Hall–Kier alpha value is -2.18. The van der Waals surface area contributed by atoms with E-state index < -0.39 is 5.82 Å². The second kappa shape index (κ2) is 5.31. The van der Waals surface area contributed by atoms with Gasteiger partial charge in [0.05, 0.1) is 5.56 Å². The van der Waals surface area contributed by atoms with Crippen LogP contribution in [0.25, 0.3) is 0 Å². The maximum Gasteiger partial charge on any atom is 0.257 e. The molecule has 1 aromatic rings. The average Bonchev–Trinajstić information content (AvgIpc) is 2.49. The summed E-state index contributed by atoms with van der Waals surface area (Å²) in [5.41, 5.74) is 5.36. The summed E-state index contributed by atoms with van der Waals surface area (Å²) in [5.74, 6) is -1.08. The highest BCUT2D eigenvalue weighted by Gasteiger charge is 2.36. The minimum absolute atomic E-state index is 0.0409. The zero-order valence-electron chi connectivity index (χ0n) is 11.5. The highest BCUT2D eigenvalue weighted by Crippen LogP contribution is 2.26. The van der Waals surface area contributed by atoms with Crippen molar-refractivity contribution in [3.63, 3.8) is 0 Å². The van der Waals surface area contributed by atoms with Gasteiger partial charge in [-0.3, -0.25) is 9.59 Å². The summed E-state index contributed by atoms with van der Waals surface area (Å²) in [7, 11) is 0. The van der Waals surface area contributed by atoms with E-state index in [1.54, 1.807) is 4.90 Å². The summed E-state index contributed by atoms with van der Waals surface area (Å²) in [5, 5.41) is 2.96. The largest absolute Gasteiger partial charge is 0.381 e. The number of hydrogen-bond acceptors (Lipinski definition) is 4. The maximum absolute atomic E-state index is 13.9. The number of pyridine rings is 1. The van der Waals surface area contributed by atoms with Crippen LogP contribution in [0.15, 0.2) is 12.3 Å². The Morgan fingerprint density at radius 1 is 1.48 bits per heavy atom. The fourth-order valence-electron chi connectivity index (χ4n) is 3.09. The summed E-state index contributed by atoms with van der Waals surface area (Å²) >= 11 is 0. The third-order valence-corrected chi connectivity index (χ3v) is 4.26. The lowest BCUT2D eigenvalue weighted by atomic mass is 9.85. The standard InChI is InChI=1S/C14H17FN4O2/c15-12-9(3-5-17-13(12)16)14(21)19-6-4-10-8(7-19)1-2-11(20)18-10/h3,5,8,10H,1-2,4,6-7H2,(H2,16,17)(H,18,20). The summed E-state index contributed by atoms with van der Waals surface area (Å²) < 4.78 is 13.9. The highest BCUT2D eigenvalue weighted by atomic mass is 19.1. The number of likely N-dealkylation sites (tertiary alicyclic amines) is 1. The van der Waals surface area contributed by atoms with Crippen LogP contribution in [-0.4, -0.2) is 40.8 Å². The van der Waals surface area contributed by atoms with Crippen molar-refractivity contribution in [1.82, 2.24) is 15.2 Å². The Kier molecular flexibility index (Phi) is 3.48. The monoisotopic (exact) mass is 292 g/mol. The first kappa shape index (κ1) is 13.8. The first-order valence-electron chi connectivity index (χ1n) is 7.05. The van der Waals surface area contributed by atoms with Gasteiger partial charge < -0.3 is 16.0 Å². The van der Waals surface area contributed by atoms with E-state index >= 15 is 0 Å². The van der Waals surface area contributed by atoms with E-state index in [2.05, 4.69) is 10.3 Å². The smallest absolute Gasteiger partial charge is 0.257 e. The SMILES string of the molecule is Nc1nccc(C(=O)N2CCC3NC(=O)CCC3C2)c1F. The molecule has 3 N–H and O–H groups in total. The van der Waals surface area contributed by atoms with E-state index in [0.717, 1.165) is 6.42 Å². The van der Waals surface area contributed by atoms with Crippen molar-refractivity contribution < 1.29 is 14.0 Å². The second-order valence-electron chi connectivity index (χ2n) is 5.57. The van der Waals surface area contributed by atoms with Crippen molar-refractivity contribution in [2.24, 2.45) is 5.92 Å². The number of rotatable bonds is 1. The summed E-state index contributed by atoms with van der Waals surface area (Å²) in [6.45, 7) is 1.04. The molecule has 21 heavy (non-hydrogen) atoms. The number of carbonyl (C=O) groups is 2. The molecule has 2 amide bonds. The van der Waals surface area contributed by atoms with Gasteiger partial charge >= 0.3 is 0 Å². The Labute approximate surface area is 121 Å². The second-order valence-corrected chi connectivity index (χ2v) is 5.57. The van der Waals surface area contributed by atoms with Crippen LogP contribution in [-0.2, 0) is 4.79 Å². The average molecular weight is 292 g/mol. The fraction of sp³-hybridized carbons (Fsp3) is 0.500. The summed E-state index contributed by atoms with van der Waals surface area (Å²) in [6, 6.07) is 1.48. The molecule has 2 aliphatic heterocycles. The molecule has 2 saturated heterocycles. The van der Waals surface area contributed by atoms with Crippen LogP contribution in [0.1, 0.15) is 29.6 Å². The van der Waals surface area contributed by atoms with Gasteiger partial charge in [0.25, 0.3) is 5.91 Å². The molecule has 1 aromatic heterocycles. The Morgan fingerprint density at radius 2 is 2.29 bits per heavy atom. The molecule has 2 unspecified atom stereocenters. The van der Waals surface area contributed by atoms with E-state index in [4.69, 9.17) is 5.73 Å². The number of halogens is 1. The molecule has 2 fully saturated rings. The van der Waals surface area contributed by atoms with Gasteiger partial charge in [0.15, 0.2) is 11.6 Å². The lowest BCUT2D eigenvalue weighted by Gasteiger charge is -2.41. The lowest BCUT2D eigenvalue weighted by molar-refractivity contribution is -0.125. The van der Waals surface area contributed by atoms with Gasteiger partial charge in [0.1, 0.15) is 0 Å². The number of anilines is 1. The predicted octanol–water partition coefficient (Wildman–Crippen LogP) is 0.544. The maximum atomic E-state index is 13.9. The van der Waals surface area contributed by atoms with Gasteiger partial charge in [-0.05, 0) is 24.8 Å². The van der Waals surface area contributed by atoms with Crippen molar-refractivity contribution in [1.29, 1.82) is 0 Å². The molecule has 6 nitrogen and oxygen atoms in total. The van der Waals surface area contributed by atoms with E-state index in [-0.39, 0.29) is 35.2 Å². The molecule has 0 radical (unpaired) electrons. The van der Waals surface area contributed by atoms with Crippen LogP contribution in [0.2, 0.25) is 0 Å². The molecular formula is C14H17FN4O2. The zero-order chi connectivity index (χ0) is 15.0. The number of nitrogens with two attached hydrogens (primary N) is 1. The van der Waals surface area contributed by atoms with Crippen molar-refractivity contribution in [2.45, 2.75) is 25.3 Å². The van der Waals surface area contributed by atoms with Crippen molar-refractivity contribution in [3.05, 3.63) is 23.6 Å². The fourth-order valence-corrected chi connectivity index (χ4v) is 3.09. The van der Waals surface area contributed by atoms with E-state index in [0.29, 0.717) is 25.9 Å². The molecule has 0 aromatic carbocycles. The van der Waals surface area contributed by atoms with Crippen molar-refractivity contribution in [2.75, 3.05) is 18.8 Å². The Morgan fingerprint density at radius 3 is 3.10 bits per heavy atom. The van der Waals surface area contributed by atoms with Crippen LogP contribution in [0, 0.1) is 11.7 Å². The van der Waals surface area contributed by atoms with Crippen molar-refractivity contribution in [3.8, 4) is 0 Å². The molecule has 112 valence electrons. The number of nitrogens with zero attached hydrogens (tertiary/aromatic N) is 2. The van der Waals surface area contributed by atoms with Gasteiger partial charge in [-0.25, -0.2) is 9.37 Å². The number of piperidine rings is 2. The third-order valence-electron chi connectivity index (χ3n) is 4.26. The highest BCUT2D eigenvalue weighted by molar-refractivity contribution is 5.95. The van der Waals surface area contributed by atoms with E-state index in [1.165, 1.54) is 12.3 Å². The normalized spacial score (nSPS) is 25.2. The molecular weight excluding hydrogens is 275 g/mol. The van der Waals surface area contributed by atoms with Gasteiger partial charge in [-0.2, -0.15) is 0 Å². The predicted molar refractivity (Wildman–Crippen MR) is 73.8 cm³/mol. The first-order chi connectivity index (χ1) is 10.1. The number of carbonyl (C=O) groups excluding carboxylic acids is 2. The van der Waals surface area contributed by atoms with E-state index in [9.17, 15) is 14.0 Å². The van der Waals surface area contributed by atoms with Crippen LogP contribution in [0.4, 0.5) is 10.2 Å². The number of nitrogen functional groups attached to an aromatic ring is 1. The number of aromatic nitrogens is 1. The molecule has 2 atom stereocenters. The van der Waals surface area contributed by atoms with Crippen LogP contribution in [0.3, 0.4) is 0 Å². The van der Waals surface area contributed by atoms with Gasteiger partial charge in [-0.15, -0.1) is 0 Å².